The minimum absolute atomic E-state index is 0.360. The van der Waals surface area contributed by atoms with Crippen LogP contribution in [0.4, 0.5) is 0 Å². The molecule has 1 rings (SSSR count). The zero-order valence-corrected chi connectivity index (χ0v) is 11.1. The quantitative estimate of drug-likeness (QED) is 0.761. The summed E-state index contributed by atoms with van der Waals surface area (Å²) in [5.41, 5.74) is 0. The first-order chi connectivity index (χ1) is 7.20. The van der Waals surface area contributed by atoms with E-state index in [1.165, 1.54) is 19.3 Å². The molecule has 0 aromatic heterocycles. The molecule has 0 aliphatic heterocycles. The summed E-state index contributed by atoms with van der Waals surface area (Å²) in [5.74, 6) is 0. The van der Waals surface area contributed by atoms with Crippen LogP contribution in [0.2, 0.25) is 0 Å². The van der Waals surface area contributed by atoms with Crippen molar-refractivity contribution in [2.24, 2.45) is 0 Å². The van der Waals surface area contributed by atoms with E-state index in [9.17, 15) is 4.21 Å². The third-order valence-electron chi connectivity index (χ3n) is 3.38. The van der Waals surface area contributed by atoms with Gasteiger partial charge in [-0.25, -0.2) is 0 Å². The normalized spacial score (nSPS) is 30.3. The molecule has 0 bridgehead atoms. The fourth-order valence-electron chi connectivity index (χ4n) is 2.23. The Morgan fingerprint density at radius 3 is 2.73 bits per heavy atom. The first kappa shape index (κ1) is 13.2. The highest BCUT2D eigenvalue weighted by molar-refractivity contribution is 7.86. The number of hydrogen-bond donors (Lipinski definition) is 1. The van der Waals surface area contributed by atoms with E-state index in [-0.39, 0.29) is 0 Å². The first-order valence-corrected chi connectivity index (χ1v) is 7.61. The third-order valence-corrected chi connectivity index (χ3v) is 5.67. The van der Waals surface area contributed by atoms with Crippen molar-refractivity contribution in [3.05, 3.63) is 0 Å². The predicted octanol–water partition coefficient (Wildman–Crippen LogP) is 2.45. The second-order valence-electron chi connectivity index (χ2n) is 4.58. The Kier molecular flexibility index (Phi) is 5.83. The summed E-state index contributed by atoms with van der Waals surface area (Å²) in [5, 5.41) is 4.32. The van der Waals surface area contributed by atoms with Gasteiger partial charge in [-0.1, -0.05) is 27.2 Å². The molecular weight excluding hydrogens is 206 g/mol. The molecule has 0 aromatic rings. The molecule has 0 radical (unpaired) electrons. The first-order valence-electron chi connectivity index (χ1n) is 6.33. The van der Waals surface area contributed by atoms with Gasteiger partial charge in [0.1, 0.15) is 0 Å². The van der Waals surface area contributed by atoms with Crippen molar-refractivity contribution in [1.82, 2.24) is 5.32 Å². The van der Waals surface area contributed by atoms with Gasteiger partial charge < -0.3 is 5.32 Å². The minimum Gasteiger partial charge on any atom is -0.313 e. The zero-order valence-electron chi connectivity index (χ0n) is 10.3. The second-order valence-corrected chi connectivity index (χ2v) is 6.64. The van der Waals surface area contributed by atoms with Crippen LogP contribution in [-0.4, -0.2) is 27.3 Å². The SMILES string of the molecule is CCCNC1CCCC1S(=O)C(C)CC. The summed E-state index contributed by atoms with van der Waals surface area (Å²) in [6, 6.07) is 0.514. The minimum atomic E-state index is -0.636. The molecule has 1 saturated carbocycles. The standard InChI is InChI=1S/C12H25NOS/c1-4-9-13-11-7-6-8-12(11)15(14)10(3)5-2/h10-13H,4-9H2,1-3H3. The fourth-order valence-corrected chi connectivity index (χ4v) is 4.11. The van der Waals surface area contributed by atoms with Gasteiger partial charge in [-0.2, -0.15) is 0 Å². The van der Waals surface area contributed by atoms with Crippen molar-refractivity contribution >= 4 is 10.8 Å². The van der Waals surface area contributed by atoms with Crippen molar-refractivity contribution in [1.29, 1.82) is 0 Å². The Morgan fingerprint density at radius 1 is 1.40 bits per heavy atom. The summed E-state index contributed by atoms with van der Waals surface area (Å²) in [4.78, 5) is 0. The number of nitrogens with one attached hydrogen (secondary N) is 1. The largest absolute Gasteiger partial charge is 0.313 e. The highest BCUT2D eigenvalue weighted by Gasteiger charge is 2.32. The summed E-state index contributed by atoms with van der Waals surface area (Å²) >= 11 is 0. The summed E-state index contributed by atoms with van der Waals surface area (Å²) in [7, 11) is -0.636. The van der Waals surface area contributed by atoms with Crippen LogP contribution in [0.3, 0.4) is 0 Å². The molecule has 1 fully saturated rings. The Hall–Kier alpha value is 0.110. The monoisotopic (exact) mass is 231 g/mol. The van der Waals surface area contributed by atoms with Crippen LogP contribution in [0.25, 0.3) is 0 Å². The lowest BCUT2D eigenvalue weighted by Crippen LogP contribution is -2.40. The van der Waals surface area contributed by atoms with Gasteiger partial charge in [-0.3, -0.25) is 4.21 Å². The molecule has 1 aliphatic carbocycles. The van der Waals surface area contributed by atoms with Crippen molar-refractivity contribution in [2.75, 3.05) is 6.54 Å². The molecule has 1 aliphatic rings. The molecule has 15 heavy (non-hydrogen) atoms. The lowest BCUT2D eigenvalue weighted by molar-refractivity contribution is 0.521. The van der Waals surface area contributed by atoms with Crippen molar-refractivity contribution in [3.63, 3.8) is 0 Å². The van der Waals surface area contributed by atoms with Gasteiger partial charge in [-0.15, -0.1) is 0 Å². The average molecular weight is 231 g/mol. The van der Waals surface area contributed by atoms with Gasteiger partial charge >= 0.3 is 0 Å². The summed E-state index contributed by atoms with van der Waals surface area (Å²) < 4.78 is 12.2. The predicted molar refractivity (Wildman–Crippen MR) is 67.6 cm³/mol. The highest BCUT2D eigenvalue weighted by Crippen LogP contribution is 2.26. The molecule has 3 heteroatoms. The van der Waals surface area contributed by atoms with Gasteiger partial charge in [0.15, 0.2) is 0 Å². The van der Waals surface area contributed by atoms with Gasteiger partial charge in [0.25, 0.3) is 0 Å². The molecule has 0 heterocycles. The van der Waals surface area contributed by atoms with Crippen molar-refractivity contribution in [3.8, 4) is 0 Å². The third kappa shape index (κ3) is 3.56. The van der Waals surface area contributed by atoms with E-state index in [4.69, 9.17) is 0 Å². The molecule has 4 atom stereocenters. The van der Waals surface area contributed by atoms with Crippen LogP contribution in [-0.2, 0) is 10.8 Å². The number of rotatable bonds is 6. The van der Waals surface area contributed by atoms with E-state index in [2.05, 4.69) is 26.1 Å². The van der Waals surface area contributed by atoms with Crippen LogP contribution in [0.15, 0.2) is 0 Å². The molecular formula is C12H25NOS. The Labute approximate surface area is 96.7 Å². The molecule has 0 amide bonds. The highest BCUT2D eigenvalue weighted by atomic mass is 32.2. The van der Waals surface area contributed by atoms with E-state index < -0.39 is 10.8 Å². The van der Waals surface area contributed by atoms with Crippen molar-refractivity contribution < 1.29 is 4.21 Å². The van der Waals surface area contributed by atoms with Crippen LogP contribution < -0.4 is 5.32 Å². The molecule has 4 unspecified atom stereocenters. The molecule has 2 nitrogen and oxygen atoms in total. The molecule has 0 spiro atoms. The molecule has 0 aromatic carbocycles. The van der Waals surface area contributed by atoms with Crippen LogP contribution in [0, 0.1) is 0 Å². The van der Waals surface area contributed by atoms with Gasteiger partial charge in [0.2, 0.25) is 0 Å². The van der Waals surface area contributed by atoms with E-state index in [1.807, 2.05) is 0 Å². The van der Waals surface area contributed by atoms with Crippen LogP contribution >= 0.6 is 0 Å². The van der Waals surface area contributed by atoms with Gasteiger partial charge in [0, 0.05) is 22.1 Å². The Bertz CT molecular complexity index is 208. The second kappa shape index (κ2) is 6.64. The molecule has 0 saturated heterocycles. The van der Waals surface area contributed by atoms with Crippen molar-refractivity contribution in [2.45, 2.75) is 69.4 Å². The van der Waals surface area contributed by atoms with Crippen LogP contribution in [0.5, 0.6) is 0 Å². The average Bonchev–Trinajstić information content (AvgIpc) is 2.72. The van der Waals surface area contributed by atoms with Gasteiger partial charge in [0.05, 0.1) is 5.25 Å². The van der Waals surface area contributed by atoms with Gasteiger partial charge in [-0.05, 0) is 32.2 Å². The Morgan fingerprint density at radius 2 is 2.13 bits per heavy atom. The van der Waals surface area contributed by atoms with E-state index in [1.54, 1.807) is 0 Å². The number of hydrogen-bond acceptors (Lipinski definition) is 2. The molecule has 90 valence electrons. The maximum atomic E-state index is 12.2. The fraction of sp³-hybridized carbons (Fsp3) is 1.00. The van der Waals surface area contributed by atoms with E-state index in [0.717, 1.165) is 19.4 Å². The van der Waals surface area contributed by atoms with Crippen LogP contribution in [0.1, 0.15) is 52.9 Å². The maximum Gasteiger partial charge on any atom is 0.0503 e. The summed E-state index contributed by atoms with van der Waals surface area (Å²) in [6.07, 6.45) is 5.81. The summed E-state index contributed by atoms with van der Waals surface area (Å²) in [6.45, 7) is 7.50. The van der Waals surface area contributed by atoms with E-state index >= 15 is 0 Å². The Balaban J connectivity index is 2.48. The lowest BCUT2D eigenvalue weighted by Gasteiger charge is -2.23. The maximum absolute atomic E-state index is 12.2. The molecule has 1 N–H and O–H groups in total. The topological polar surface area (TPSA) is 29.1 Å². The smallest absolute Gasteiger partial charge is 0.0503 e. The lowest BCUT2D eigenvalue weighted by atomic mass is 10.2. The zero-order chi connectivity index (χ0) is 11.3. The van der Waals surface area contributed by atoms with E-state index in [0.29, 0.717) is 16.5 Å².